The average molecular weight is 247 g/mol. The monoisotopic (exact) mass is 247 g/mol. The molecule has 0 unspecified atom stereocenters. The second-order valence-corrected chi connectivity index (χ2v) is 4.27. The second-order valence-electron chi connectivity index (χ2n) is 4.27. The van der Waals surface area contributed by atoms with Crippen LogP contribution in [-0.2, 0) is 0 Å². The maximum atomic E-state index is 11.8. The first-order valence-corrected chi connectivity index (χ1v) is 6.21. The van der Waals surface area contributed by atoms with Gasteiger partial charge in [0.15, 0.2) is 0 Å². The lowest BCUT2D eigenvalue weighted by Gasteiger charge is -2.08. The van der Waals surface area contributed by atoms with Crippen molar-refractivity contribution in [2.24, 2.45) is 0 Å². The van der Waals surface area contributed by atoms with E-state index in [0.717, 1.165) is 31.5 Å². The maximum Gasteiger partial charge on any atom is 0.272 e. The lowest BCUT2D eigenvalue weighted by atomic mass is 10.1. The Labute approximate surface area is 104 Å². The molecule has 3 N–H and O–H groups in total. The van der Waals surface area contributed by atoms with E-state index in [4.69, 9.17) is 0 Å². The first-order chi connectivity index (χ1) is 8.74. The molecule has 5 nitrogen and oxygen atoms in total. The molecule has 0 aliphatic heterocycles. The van der Waals surface area contributed by atoms with Crippen LogP contribution in [0.3, 0.4) is 0 Å². The Hall–Kier alpha value is -2.04. The Bertz CT molecular complexity index is 642. The molecule has 2 aromatic rings. The summed E-state index contributed by atoms with van der Waals surface area (Å²) in [4.78, 5) is 23.4. The Kier molecular flexibility index (Phi) is 3.82. The molecular formula is C13H17N3O2. The number of rotatable bonds is 5. The average Bonchev–Trinajstić information content (AvgIpc) is 2.39. The van der Waals surface area contributed by atoms with E-state index in [9.17, 15) is 9.59 Å². The predicted octanol–water partition coefficient (Wildman–Crippen LogP) is 1.82. The van der Waals surface area contributed by atoms with Crippen LogP contribution in [0.1, 0.15) is 26.2 Å². The van der Waals surface area contributed by atoms with Gasteiger partial charge in [-0.1, -0.05) is 25.8 Å². The van der Waals surface area contributed by atoms with Gasteiger partial charge < -0.3 is 5.32 Å². The lowest BCUT2D eigenvalue weighted by Crippen LogP contribution is -2.20. The summed E-state index contributed by atoms with van der Waals surface area (Å²) in [5.41, 5.74) is 0.168. The van der Waals surface area contributed by atoms with Crippen molar-refractivity contribution in [1.82, 2.24) is 10.2 Å². The molecule has 0 saturated heterocycles. The molecule has 0 saturated carbocycles. The number of unbranched alkanes of at least 4 members (excludes halogenated alkanes) is 2. The van der Waals surface area contributed by atoms with E-state index in [2.05, 4.69) is 22.4 Å². The van der Waals surface area contributed by atoms with Crippen LogP contribution in [0.4, 0.5) is 5.69 Å². The fraction of sp³-hybridized carbons (Fsp3) is 0.385. The normalized spacial score (nSPS) is 10.7. The summed E-state index contributed by atoms with van der Waals surface area (Å²) in [5, 5.41) is 8.74. The standard InChI is InChI=1S/C13H17N3O2/c1-2-3-4-8-14-10-7-5-6-9-11(10)13(18)16-15-12(9)17/h5-7,14H,2-4,8H2,1H3,(H,15,17)(H,16,18). The van der Waals surface area contributed by atoms with Crippen molar-refractivity contribution >= 4 is 16.5 Å². The Morgan fingerprint density at radius 3 is 2.67 bits per heavy atom. The van der Waals surface area contributed by atoms with Gasteiger partial charge >= 0.3 is 0 Å². The summed E-state index contributed by atoms with van der Waals surface area (Å²) >= 11 is 0. The third-order valence-corrected chi connectivity index (χ3v) is 2.92. The number of hydrogen-bond donors (Lipinski definition) is 3. The minimum absolute atomic E-state index is 0.275. The smallest absolute Gasteiger partial charge is 0.272 e. The summed E-state index contributed by atoms with van der Waals surface area (Å²) in [6.07, 6.45) is 3.35. The van der Waals surface area contributed by atoms with Gasteiger partial charge in [0.05, 0.1) is 10.8 Å². The van der Waals surface area contributed by atoms with E-state index in [1.54, 1.807) is 12.1 Å². The first-order valence-electron chi connectivity index (χ1n) is 6.21. The van der Waals surface area contributed by atoms with Crippen LogP contribution in [0.5, 0.6) is 0 Å². The van der Waals surface area contributed by atoms with Crippen LogP contribution in [0.2, 0.25) is 0 Å². The molecule has 0 bridgehead atoms. The fourth-order valence-corrected chi connectivity index (χ4v) is 1.97. The van der Waals surface area contributed by atoms with Gasteiger partial charge in [0.25, 0.3) is 11.1 Å². The van der Waals surface area contributed by atoms with Crippen LogP contribution in [-0.4, -0.2) is 16.7 Å². The molecule has 1 aromatic heterocycles. The van der Waals surface area contributed by atoms with E-state index in [1.165, 1.54) is 0 Å². The number of aromatic nitrogens is 2. The highest BCUT2D eigenvalue weighted by Crippen LogP contribution is 2.16. The second kappa shape index (κ2) is 5.53. The quantitative estimate of drug-likeness (QED) is 0.705. The molecule has 0 amide bonds. The van der Waals surface area contributed by atoms with Gasteiger partial charge in [0.1, 0.15) is 0 Å². The molecule has 0 fully saturated rings. The van der Waals surface area contributed by atoms with Gasteiger partial charge in [0, 0.05) is 12.2 Å². The van der Waals surface area contributed by atoms with Gasteiger partial charge in [-0.3, -0.25) is 19.8 Å². The highest BCUT2D eigenvalue weighted by Gasteiger charge is 2.07. The summed E-state index contributed by atoms with van der Waals surface area (Å²) in [6, 6.07) is 5.25. The zero-order valence-electron chi connectivity index (χ0n) is 10.4. The van der Waals surface area contributed by atoms with E-state index >= 15 is 0 Å². The zero-order valence-corrected chi connectivity index (χ0v) is 10.4. The molecule has 0 atom stereocenters. The molecule has 0 aliphatic rings. The van der Waals surface area contributed by atoms with Crippen molar-refractivity contribution in [3.8, 4) is 0 Å². The van der Waals surface area contributed by atoms with E-state index in [0.29, 0.717) is 10.8 Å². The summed E-state index contributed by atoms with van der Waals surface area (Å²) in [7, 11) is 0. The van der Waals surface area contributed by atoms with Crippen molar-refractivity contribution in [2.75, 3.05) is 11.9 Å². The van der Waals surface area contributed by atoms with Crippen molar-refractivity contribution in [1.29, 1.82) is 0 Å². The molecule has 5 heteroatoms. The Morgan fingerprint density at radius 1 is 1.11 bits per heavy atom. The van der Waals surface area contributed by atoms with Crippen molar-refractivity contribution < 1.29 is 0 Å². The van der Waals surface area contributed by atoms with Crippen LogP contribution in [0.15, 0.2) is 27.8 Å². The number of H-pyrrole nitrogens is 2. The van der Waals surface area contributed by atoms with Crippen LogP contribution >= 0.6 is 0 Å². The van der Waals surface area contributed by atoms with Gasteiger partial charge in [0.2, 0.25) is 0 Å². The number of anilines is 1. The van der Waals surface area contributed by atoms with Crippen molar-refractivity contribution in [3.05, 3.63) is 38.9 Å². The molecule has 1 aromatic carbocycles. The minimum Gasteiger partial charge on any atom is -0.384 e. The zero-order chi connectivity index (χ0) is 13.0. The first kappa shape index (κ1) is 12.4. The number of nitrogens with one attached hydrogen (secondary N) is 3. The summed E-state index contributed by atoms with van der Waals surface area (Å²) in [5.74, 6) is 0. The molecule has 18 heavy (non-hydrogen) atoms. The fourth-order valence-electron chi connectivity index (χ4n) is 1.97. The van der Waals surface area contributed by atoms with Gasteiger partial charge in [-0.05, 0) is 18.6 Å². The highest BCUT2D eigenvalue weighted by atomic mass is 16.1. The topological polar surface area (TPSA) is 77.8 Å². The molecule has 1 heterocycles. The van der Waals surface area contributed by atoms with E-state index < -0.39 is 0 Å². The molecule has 96 valence electrons. The summed E-state index contributed by atoms with van der Waals surface area (Å²) < 4.78 is 0. The third kappa shape index (κ3) is 2.45. The van der Waals surface area contributed by atoms with Crippen molar-refractivity contribution in [3.63, 3.8) is 0 Å². The molecule has 0 radical (unpaired) electrons. The Balaban J connectivity index is 2.36. The van der Waals surface area contributed by atoms with Crippen LogP contribution in [0.25, 0.3) is 10.8 Å². The molecular weight excluding hydrogens is 230 g/mol. The number of aromatic amines is 2. The minimum atomic E-state index is -0.276. The number of benzene rings is 1. The highest BCUT2D eigenvalue weighted by molar-refractivity contribution is 5.92. The SMILES string of the molecule is CCCCCNc1cccc2c(=O)[nH][nH]c(=O)c12. The number of fused-ring (bicyclic) bond motifs is 1. The summed E-state index contributed by atoms with van der Waals surface area (Å²) in [6.45, 7) is 2.95. The van der Waals surface area contributed by atoms with E-state index in [-0.39, 0.29) is 11.1 Å². The van der Waals surface area contributed by atoms with Gasteiger partial charge in [-0.25, -0.2) is 0 Å². The van der Waals surface area contributed by atoms with Gasteiger partial charge in [-0.2, -0.15) is 0 Å². The largest absolute Gasteiger partial charge is 0.384 e. The third-order valence-electron chi connectivity index (χ3n) is 2.92. The molecule has 2 rings (SSSR count). The maximum absolute atomic E-state index is 11.8. The lowest BCUT2D eigenvalue weighted by molar-refractivity contribution is 0.744. The van der Waals surface area contributed by atoms with Gasteiger partial charge in [-0.15, -0.1) is 0 Å². The molecule has 0 aliphatic carbocycles. The predicted molar refractivity (Wildman–Crippen MR) is 73.2 cm³/mol. The number of hydrogen-bond acceptors (Lipinski definition) is 3. The van der Waals surface area contributed by atoms with Crippen LogP contribution < -0.4 is 16.4 Å². The van der Waals surface area contributed by atoms with Crippen LogP contribution in [0, 0.1) is 0 Å². The van der Waals surface area contributed by atoms with Crippen molar-refractivity contribution in [2.45, 2.75) is 26.2 Å². The molecule has 0 spiro atoms. The van der Waals surface area contributed by atoms with E-state index in [1.807, 2.05) is 6.07 Å². The Morgan fingerprint density at radius 2 is 1.89 bits per heavy atom.